The molecular weight excluding hydrogens is 214 g/mol. The maximum absolute atomic E-state index is 11.3. The van der Waals surface area contributed by atoms with Gasteiger partial charge in [0.25, 0.3) is 0 Å². The Balaban J connectivity index is 4.06. The number of carbonyl (C=O) groups excluding carboxylic acids is 1. The van der Waals surface area contributed by atoms with Crippen molar-refractivity contribution in [1.29, 1.82) is 0 Å². The second-order valence-corrected chi connectivity index (χ2v) is 5.34. The SMILES string of the molecule is CCN(CCCC(C)(NC)C(N)=O)CC(C)C. The second kappa shape index (κ2) is 7.67. The molecule has 0 fully saturated rings. The Labute approximate surface area is 106 Å². The Bertz CT molecular complexity index is 231. The fraction of sp³-hybridized carbons (Fsp3) is 0.923. The van der Waals surface area contributed by atoms with Crippen LogP contribution in [0.2, 0.25) is 0 Å². The van der Waals surface area contributed by atoms with Gasteiger partial charge in [-0.25, -0.2) is 0 Å². The fourth-order valence-corrected chi connectivity index (χ4v) is 1.92. The first-order chi connectivity index (χ1) is 7.85. The minimum absolute atomic E-state index is 0.271. The zero-order chi connectivity index (χ0) is 13.5. The summed E-state index contributed by atoms with van der Waals surface area (Å²) in [5.41, 5.74) is 4.82. The third kappa shape index (κ3) is 6.03. The van der Waals surface area contributed by atoms with E-state index in [1.165, 1.54) is 0 Å². The molecule has 0 saturated carbocycles. The van der Waals surface area contributed by atoms with Gasteiger partial charge in [0.1, 0.15) is 0 Å². The van der Waals surface area contributed by atoms with Crippen LogP contribution >= 0.6 is 0 Å². The molecule has 0 spiro atoms. The van der Waals surface area contributed by atoms with Crippen molar-refractivity contribution in [3.05, 3.63) is 0 Å². The monoisotopic (exact) mass is 243 g/mol. The van der Waals surface area contributed by atoms with Crippen molar-refractivity contribution < 1.29 is 4.79 Å². The van der Waals surface area contributed by atoms with E-state index in [0.717, 1.165) is 32.5 Å². The molecule has 4 nitrogen and oxygen atoms in total. The molecule has 0 bridgehead atoms. The summed E-state index contributed by atoms with van der Waals surface area (Å²) in [6, 6.07) is 0. The van der Waals surface area contributed by atoms with Crippen LogP contribution in [0.25, 0.3) is 0 Å². The normalized spacial score (nSPS) is 15.2. The van der Waals surface area contributed by atoms with Crippen LogP contribution < -0.4 is 11.1 Å². The first kappa shape index (κ1) is 16.4. The Hall–Kier alpha value is -0.610. The molecule has 17 heavy (non-hydrogen) atoms. The molecule has 0 aliphatic carbocycles. The highest BCUT2D eigenvalue weighted by Gasteiger charge is 2.28. The van der Waals surface area contributed by atoms with Crippen molar-refractivity contribution in [3.63, 3.8) is 0 Å². The van der Waals surface area contributed by atoms with Crippen LogP contribution in [0.15, 0.2) is 0 Å². The van der Waals surface area contributed by atoms with E-state index in [-0.39, 0.29) is 5.91 Å². The van der Waals surface area contributed by atoms with Crippen LogP contribution in [-0.4, -0.2) is 43.0 Å². The number of amides is 1. The molecule has 0 aliphatic rings. The third-order valence-electron chi connectivity index (χ3n) is 3.32. The van der Waals surface area contributed by atoms with Crippen molar-refractivity contribution in [2.45, 2.75) is 46.1 Å². The lowest BCUT2D eigenvalue weighted by Gasteiger charge is -2.28. The quantitative estimate of drug-likeness (QED) is 0.640. The summed E-state index contributed by atoms with van der Waals surface area (Å²) in [4.78, 5) is 13.7. The highest BCUT2D eigenvalue weighted by Crippen LogP contribution is 2.12. The topological polar surface area (TPSA) is 58.4 Å². The maximum Gasteiger partial charge on any atom is 0.237 e. The van der Waals surface area contributed by atoms with Crippen molar-refractivity contribution in [2.24, 2.45) is 11.7 Å². The van der Waals surface area contributed by atoms with Gasteiger partial charge >= 0.3 is 0 Å². The van der Waals surface area contributed by atoms with Crippen LogP contribution in [0.4, 0.5) is 0 Å². The van der Waals surface area contributed by atoms with E-state index in [2.05, 4.69) is 31.0 Å². The van der Waals surface area contributed by atoms with Gasteiger partial charge in [-0.2, -0.15) is 0 Å². The molecular formula is C13H29N3O. The van der Waals surface area contributed by atoms with E-state index in [0.29, 0.717) is 5.92 Å². The predicted molar refractivity (Wildman–Crippen MR) is 72.8 cm³/mol. The average Bonchev–Trinajstić information content (AvgIpc) is 2.26. The highest BCUT2D eigenvalue weighted by molar-refractivity contribution is 5.84. The lowest BCUT2D eigenvalue weighted by molar-refractivity contribution is -0.123. The van der Waals surface area contributed by atoms with Gasteiger partial charge in [-0.1, -0.05) is 20.8 Å². The molecule has 1 atom stereocenters. The number of rotatable bonds is 9. The molecule has 0 heterocycles. The first-order valence-corrected chi connectivity index (χ1v) is 6.57. The number of nitrogens with one attached hydrogen (secondary N) is 1. The summed E-state index contributed by atoms with van der Waals surface area (Å²) in [5.74, 6) is 0.411. The van der Waals surface area contributed by atoms with Gasteiger partial charge in [-0.15, -0.1) is 0 Å². The molecule has 0 aromatic heterocycles. The van der Waals surface area contributed by atoms with E-state index >= 15 is 0 Å². The van der Waals surface area contributed by atoms with Crippen molar-refractivity contribution in [1.82, 2.24) is 10.2 Å². The number of primary amides is 1. The molecule has 3 N–H and O–H groups in total. The number of nitrogens with two attached hydrogens (primary N) is 1. The number of likely N-dealkylation sites (N-methyl/N-ethyl adjacent to an activating group) is 1. The van der Waals surface area contributed by atoms with Gasteiger partial charge in [0, 0.05) is 6.54 Å². The van der Waals surface area contributed by atoms with E-state index in [1.807, 2.05) is 6.92 Å². The largest absolute Gasteiger partial charge is 0.368 e. The molecule has 4 heteroatoms. The zero-order valence-corrected chi connectivity index (χ0v) is 12.0. The minimum atomic E-state index is -0.572. The molecule has 0 aliphatic heterocycles. The fourth-order valence-electron chi connectivity index (χ4n) is 1.92. The third-order valence-corrected chi connectivity index (χ3v) is 3.32. The highest BCUT2D eigenvalue weighted by atomic mass is 16.1. The van der Waals surface area contributed by atoms with Crippen molar-refractivity contribution >= 4 is 5.91 Å². The van der Waals surface area contributed by atoms with Gasteiger partial charge < -0.3 is 16.0 Å². The number of hydrogen-bond donors (Lipinski definition) is 2. The summed E-state index contributed by atoms with van der Waals surface area (Å²) in [5, 5.41) is 3.02. The van der Waals surface area contributed by atoms with Gasteiger partial charge in [0.05, 0.1) is 5.54 Å². The molecule has 0 aromatic rings. The van der Waals surface area contributed by atoms with Crippen molar-refractivity contribution in [2.75, 3.05) is 26.7 Å². The van der Waals surface area contributed by atoms with Gasteiger partial charge in [-0.3, -0.25) is 4.79 Å². The average molecular weight is 243 g/mol. The smallest absolute Gasteiger partial charge is 0.237 e. The van der Waals surface area contributed by atoms with Crippen molar-refractivity contribution in [3.8, 4) is 0 Å². The van der Waals surface area contributed by atoms with Gasteiger partial charge in [0.2, 0.25) is 5.91 Å². The number of hydrogen-bond acceptors (Lipinski definition) is 3. The molecule has 1 unspecified atom stereocenters. The summed E-state index contributed by atoms with van der Waals surface area (Å²) in [7, 11) is 1.79. The number of nitrogens with zero attached hydrogens (tertiary/aromatic N) is 1. The predicted octanol–water partition coefficient (Wildman–Crippen LogP) is 1.21. The lowest BCUT2D eigenvalue weighted by Crippen LogP contribution is -2.51. The van der Waals surface area contributed by atoms with Crippen LogP contribution in [0.3, 0.4) is 0 Å². The summed E-state index contributed by atoms with van der Waals surface area (Å²) in [6.45, 7) is 11.7. The van der Waals surface area contributed by atoms with E-state index in [9.17, 15) is 4.79 Å². The Morgan fingerprint density at radius 2 is 2.06 bits per heavy atom. The molecule has 0 saturated heterocycles. The minimum Gasteiger partial charge on any atom is -0.368 e. The zero-order valence-electron chi connectivity index (χ0n) is 12.0. The summed E-state index contributed by atoms with van der Waals surface area (Å²) < 4.78 is 0. The first-order valence-electron chi connectivity index (χ1n) is 6.57. The van der Waals surface area contributed by atoms with Crippen LogP contribution in [0, 0.1) is 5.92 Å². The molecule has 0 aromatic carbocycles. The summed E-state index contributed by atoms with van der Waals surface area (Å²) in [6.07, 6.45) is 1.77. The van der Waals surface area contributed by atoms with E-state index in [1.54, 1.807) is 7.05 Å². The Kier molecular flexibility index (Phi) is 7.39. The van der Waals surface area contributed by atoms with E-state index in [4.69, 9.17) is 5.73 Å². The van der Waals surface area contributed by atoms with Gasteiger partial charge in [-0.05, 0) is 45.8 Å². The van der Waals surface area contributed by atoms with E-state index < -0.39 is 5.54 Å². The van der Waals surface area contributed by atoms with Crippen LogP contribution in [-0.2, 0) is 4.79 Å². The molecule has 0 rings (SSSR count). The second-order valence-electron chi connectivity index (χ2n) is 5.34. The van der Waals surface area contributed by atoms with Crippen LogP contribution in [0.1, 0.15) is 40.5 Å². The molecule has 1 amide bonds. The Morgan fingerprint density at radius 1 is 1.47 bits per heavy atom. The molecule has 102 valence electrons. The summed E-state index contributed by atoms with van der Waals surface area (Å²) >= 11 is 0. The maximum atomic E-state index is 11.3. The number of carbonyl (C=O) groups is 1. The standard InChI is InChI=1S/C13H29N3O/c1-6-16(10-11(2)3)9-7-8-13(4,15-5)12(14)17/h11,15H,6-10H2,1-5H3,(H2,14,17). The van der Waals surface area contributed by atoms with Crippen LogP contribution in [0.5, 0.6) is 0 Å². The Morgan fingerprint density at radius 3 is 2.41 bits per heavy atom. The lowest BCUT2D eigenvalue weighted by atomic mass is 9.95. The molecule has 0 radical (unpaired) electrons. The van der Waals surface area contributed by atoms with Gasteiger partial charge in [0.15, 0.2) is 0 Å².